The topological polar surface area (TPSA) is 66.4 Å². The molecule has 0 aromatic heterocycles. The van der Waals surface area contributed by atoms with Gasteiger partial charge in [-0.15, -0.1) is 0 Å². The number of quaternary nitrogens is 1. The van der Waals surface area contributed by atoms with E-state index in [9.17, 15) is 14.7 Å². The zero-order valence-electron chi connectivity index (χ0n) is 11.5. The number of hydrogen-bond acceptors (Lipinski definition) is 4. The van der Waals surface area contributed by atoms with Crippen LogP contribution < -0.4 is 5.11 Å². The van der Waals surface area contributed by atoms with Gasteiger partial charge in [-0.1, -0.05) is 18.2 Å². The van der Waals surface area contributed by atoms with Crippen molar-refractivity contribution in [2.45, 2.75) is 12.5 Å². The minimum absolute atomic E-state index is 0.298. The Balaban J connectivity index is 2.72. The minimum Gasteiger partial charge on any atom is -0.550 e. The molecule has 0 amide bonds. The van der Waals surface area contributed by atoms with Crippen LogP contribution in [0.2, 0.25) is 0 Å². The molecule has 0 bridgehead atoms. The molecule has 1 rings (SSSR count). The Labute approximate surface area is 113 Å². The second-order valence-corrected chi connectivity index (χ2v) is 5.44. The van der Waals surface area contributed by atoms with E-state index in [2.05, 4.69) is 0 Å². The predicted molar refractivity (Wildman–Crippen MR) is 68.2 cm³/mol. The molecule has 1 unspecified atom stereocenters. The van der Waals surface area contributed by atoms with Gasteiger partial charge in [-0.05, 0) is 12.1 Å². The van der Waals surface area contributed by atoms with Crippen molar-refractivity contribution in [3.8, 4) is 0 Å². The van der Waals surface area contributed by atoms with E-state index in [1.165, 1.54) is 0 Å². The molecule has 0 spiro atoms. The molecule has 0 aliphatic rings. The molecule has 0 aliphatic heterocycles. The minimum atomic E-state index is -1.22. The van der Waals surface area contributed by atoms with Crippen molar-refractivity contribution >= 4 is 11.9 Å². The second kappa shape index (κ2) is 6.33. The Morgan fingerprint density at radius 3 is 2.26 bits per heavy atom. The molecule has 0 saturated carbocycles. The summed E-state index contributed by atoms with van der Waals surface area (Å²) in [6.45, 7) is 0.409. The van der Waals surface area contributed by atoms with E-state index in [4.69, 9.17) is 4.74 Å². The maximum Gasteiger partial charge on any atom is 0.338 e. The average Bonchev–Trinajstić information content (AvgIpc) is 2.26. The van der Waals surface area contributed by atoms with Gasteiger partial charge in [0.15, 0.2) is 6.10 Å². The lowest BCUT2D eigenvalue weighted by atomic mass is 10.2. The normalized spacial score (nSPS) is 12.8. The summed E-state index contributed by atoms with van der Waals surface area (Å²) < 4.78 is 5.75. The summed E-state index contributed by atoms with van der Waals surface area (Å²) in [6, 6.07) is 8.50. The van der Waals surface area contributed by atoms with Gasteiger partial charge < -0.3 is 19.1 Å². The molecular weight excluding hydrogens is 246 g/mol. The van der Waals surface area contributed by atoms with Crippen LogP contribution in [-0.2, 0) is 9.53 Å². The van der Waals surface area contributed by atoms with Crippen molar-refractivity contribution in [2.75, 3.05) is 27.7 Å². The van der Waals surface area contributed by atoms with E-state index in [-0.39, 0.29) is 6.42 Å². The Morgan fingerprint density at radius 1 is 1.21 bits per heavy atom. The fourth-order valence-corrected chi connectivity index (χ4v) is 1.73. The average molecular weight is 265 g/mol. The molecule has 0 N–H and O–H groups in total. The first-order valence-electron chi connectivity index (χ1n) is 6.04. The van der Waals surface area contributed by atoms with Crippen LogP contribution in [0.1, 0.15) is 16.8 Å². The Kier molecular flexibility index (Phi) is 5.06. The highest BCUT2D eigenvalue weighted by Gasteiger charge is 2.22. The molecule has 5 heteroatoms. The fraction of sp³-hybridized carbons (Fsp3) is 0.429. The first-order valence-corrected chi connectivity index (χ1v) is 6.04. The Morgan fingerprint density at radius 2 is 1.79 bits per heavy atom. The maximum atomic E-state index is 11.9. The Bertz CT molecular complexity index is 437. The first-order chi connectivity index (χ1) is 8.78. The molecule has 0 saturated heterocycles. The number of nitrogens with zero attached hydrogens (tertiary/aromatic N) is 1. The number of carbonyl (C=O) groups is 2. The molecule has 1 aromatic rings. The molecule has 0 heterocycles. The number of ether oxygens (including phenoxy) is 1. The number of rotatable bonds is 6. The number of carbonyl (C=O) groups excluding carboxylic acids is 2. The van der Waals surface area contributed by atoms with Gasteiger partial charge in [0.05, 0.1) is 26.7 Å². The van der Waals surface area contributed by atoms with Crippen LogP contribution in [0, 0.1) is 0 Å². The molecule has 1 atom stereocenters. The van der Waals surface area contributed by atoms with E-state index < -0.39 is 18.0 Å². The molecule has 1 aromatic carbocycles. The highest BCUT2D eigenvalue weighted by molar-refractivity contribution is 5.89. The highest BCUT2D eigenvalue weighted by Crippen LogP contribution is 2.09. The molecule has 0 radical (unpaired) electrons. The smallest absolute Gasteiger partial charge is 0.338 e. The number of benzene rings is 1. The van der Waals surface area contributed by atoms with Gasteiger partial charge in [-0.25, -0.2) is 4.79 Å². The summed E-state index contributed by atoms with van der Waals surface area (Å²) in [5, 5.41) is 10.7. The quantitative estimate of drug-likeness (QED) is 0.539. The van der Waals surface area contributed by atoms with Crippen LogP contribution in [0.5, 0.6) is 0 Å². The third-order valence-corrected chi connectivity index (χ3v) is 2.43. The number of aliphatic carboxylic acids is 1. The van der Waals surface area contributed by atoms with E-state index >= 15 is 0 Å². The molecule has 19 heavy (non-hydrogen) atoms. The molecule has 0 fully saturated rings. The SMILES string of the molecule is C[N+](C)(C)CC(CC(=O)[O-])OC(=O)c1ccccc1. The van der Waals surface area contributed by atoms with E-state index in [1.807, 2.05) is 21.1 Å². The van der Waals surface area contributed by atoms with Crippen LogP contribution in [0.15, 0.2) is 30.3 Å². The van der Waals surface area contributed by atoms with Crippen molar-refractivity contribution in [3.63, 3.8) is 0 Å². The van der Waals surface area contributed by atoms with Crippen LogP contribution in [0.3, 0.4) is 0 Å². The van der Waals surface area contributed by atoms with Gasteiger partial charge in [0.1, 0.15) is 6.54 Å². The lowest BCUT2D eigenvalue weighted by Crippen LogP contribution is -2.45. The lowest BCUT2D eigenvalue weighted by molar-refractivity contribution is -0.873. The largest absolute Gasteiger partial charge is 0.550 e. The zero-order chi connectivity index (χ0) is 14.5. The lowest BCUT2D eigenvalue weighted by Gasteiger charge is -2.29. The number of carboxylic acids is 1. The van der Waals surface area contributed by atoms with Crippen LogP contribution >= 0.6 is 0 Å². The van der Waals surface area contributed by atoms with Crippen molar-refractivity contribution in [3.05, 3.63) is 35.9 Å². The van der Waals surface area contributed by atoms with E-state index in [0.717, 1.165) is 0 Å². The fourth-order valence-electron chi connectivity index (χ4n) is 1.73. The van der Waals surface area contributed by atoms with E-state index in [0.29, 0.717) is 16.6 Å². The number of hydrogen-bond donors (Lipinski definition) is 0. The van der Waals surface area contributed by atoms with Crippen molar-refractivity contribution in [1.82, 2.24) is 0 Å². The van der Waals surface area contributed by atoms with Gasteiger partial charge in [0.2, 0.25) is 0 Å². The van der Waals surface area contributed by atoms with Crippen molar-refractivity contribution in [2.24, 2.45) is 0 Å². The van der Waals surface area contributed by atoms with E-state index in [1.54, 1.807) is 30.3 Å². The van der Waals surface area contributed by atoms with Crippen LogP contribution in [0.4, 0.5) is 0 Å². The van der Waals surface area contributed by atoms with Crippen molar-refractivity contribution < 1.29 is 23.9 Å². The van der Waals surface area contributed by atoms with Crippen molar-refractivity contribution in [1.29, 1.82) is 0 Å². The summed E-state index contributed by atoms with van der Waals surface area (Å²) in [5.41, 5.74) is 0.409. The molecule has 104 valence electrons. The van der Waals surface area contributed by atoms with Crippen LogP contribution in [-0.4, -0.2) is 50.2 Å². The number of likely N-dealkylation sites (N-methyl/N-ethyl adjacent to an activating group) is 1. The molecule has 0 aliphatic carbocycles. The summed E-state index contributed by atoms with van der Waals surface area (Å²) >= 11 is 0. The van der Waals surface area contributed by atoms with Gasteiger partial charge in [0.25, 0.3) is 0 Å². The monoisotopic (exact) mass is 265 g/mol. The molecular formula is C14H19NO4. The maximum absolute atomic E-state index is 11.9. The van der Waals surface area contributed by atoms with Gasteiger partial charge in [-0.3, -0.25) is 0 Å². The zero-order valence-corrected chi connectivity index (χ0v) is 11.5. The third kappa shape index (κ3) is 6.01. The first kappa shape index (κ1) is 15.2. The highest BCUT2D eigenvalue weighted by atomic mass is 16.5. The standard InChI is InChI=1S/C14H19NO4/c1-15(2,3)10-12(9-13(16)17)19-14(18)11-7-5-4-6-8-11/h4-8,12H,9-10H2,1-3H3. The third-order valence-electron chi connectivity index (χ3n) is 2.43. The van der Waals surface area contributed by atoms with Gasteiger partial charge in [-0.2, -0.15) is 0 Å². The summed E-state index contributed by atoms with van der Waals surface area (Å²) in [4.78, 5) is 22.6. The van der Waals surface area contributed by atoms with Crippen LogP contribution in [0.25, 0.3) is 0 Å². The Hall–Kier alpha value is -1.88. The van der Waals surface area contributed by atoms with Gasteiger partial charge >= 0.3 is 5.97 Å². The van der Waals surface area contributed by atoms with Gasteiger partial charge in [0, 0.05) is 12.4 Å². The number of esters is 1. The number of carboxylic acid groups (broad SMARTS) is 1. The summed E-state index contributed by atoms with van der Waals surface area (Å²) in [6.07, 6.45) is -0.994. The second-order valence-electron chi connectivity index (χ2n) is 5.44. The molecule has 5 nitrogen and oxygen atoms in total. The summed E-state index contributed by atoms with van der Waals surface area (Å²) in [5.74, 6) is -1.74. The predicted octanol–water partition coefficient (Wildman–Crippen LogP) is 0.0582. The summed E-state index contributed by atoms with van der Waals surface area (Å²) in [7, 11) is 5.70.